The van der Waals surface area contributed by atoms with Gasteiger partial charge >= 0.3 is 0 Å². The molecule has 0 radical (unpaired) electrons. The van der Waals surface area contributed by atoms with Crippen molar-refractivity contribution in [3.8, 4) is 0 Å². The van der Waals surface area contributed by atoms with Crippen LogP contribution < -0.4 is 16.4 Å². The Morgan fingerprint density at radius 1 is 1.19 bits per heavy atom. The lowest BCUT2D eigenvalue weighted by molar-refractivity contribution is 0.338. The van der Waals surface area contributed by atoms with Crippen LogP contribution in [0, 0.1) is 18.3 Å². The van der Waals surface area contributed by atoms with Crippen molar-refractivity contribution in [1.82, 2.24) is 9.97 Å². The van der Waals surface area contributed by atoms with Crippen LogP contribution in [-0.4, -0.2) is 35.3 Å². The van der Waals surface area contributed by atoms with Gasteiger partial charge in [-0.2, -0.15) is 4.98 Å². The Hall–Kier alpha value is -2.47. The lowest BCUT2D eigenvalue weighted by atomic mass is 9.86. The van der Waals surface area contributed by atoms with E-state index in [1.54, 1.807) is 13.2 Å². The van der Waals surface area contributed by atoms with Crippen molar-refractivity contribution in [2.45, 2.75) is 38.6 Å². The highest BCUT2D eigenvalue weighted by Crippen LogP contribution is 2.25. The second-order valence-corrected chi connectivity index (χ2v) is 7.11. The SMILES string of the molecule is CNc1ncc(C(=N)c2ccc(C)cc2)c(NCC2CCC(N)CC2)n1. The molecular weight excluding hydrogens is 324 g/mol. The molecule has 5 N–H and O–H groups in total. The molecule has 0 spiro atoms. The Kier molecular flexibility index (Phi) is 5.83. The lowest BCUT2D eigenvalue weighted by Gasteiger charge is -2.26. The number of aryl methyl sites for hydroxylation is 1. The molecule has 0 aliphatic heterocycles. The molecule has 3 rings (SSSR count). The molecule has 1 aromatic carbocycles. The van der Waals surface area contributed by atoms with Crippen LogP contribution in [0.5, 0.6) is 0 Å². The molecule has 0 atom stereocenters. The monoisotopic (exact) mass is 352 g/mol. The topological polar surface area (TPSA) is 99.7 Å². The van der Waals surface area contributed by atoms with Crippen LogP contribution in [0.25, 0.3) is 0 Å². The van der Waals surface area contributed by atoms with Crippen molar-refractivity contribution in [2.75, 3.05) is 24.2 Å². The minimum Gasteiger partial charge on any atom is -0.369 e. The second-order valence-electron chi connectivity index (χ2n) is 7.11. The molecule has 2 aromatic rings. The molecule has 0 saturated heterocycles. The van der Waals surface area contributed by atoms with E-state index in [4.69, 9.17) is 11.1 Å². The number of aromatic nitrogens is 2. The van der Waals surface area contributed by atoms with Gasteiger partial charge in [-0.05, 0) is 38.5 Å². The summed E-state index contributed by atoms with van der Waals surface area (Å²) in [5, 5.41) is 15.0. The van der Waals surface area contributed by atoms with Gasteiger partial charge in [0.15, 0.2) is 0 Å². The van der Waals surface area contributed by atoms with Gasteiger partial charge in [0.25, 0.3) is 0 Å². The minimum absolute atomic E-state index is 0.353. The van der Waals surface area contributed by atoms with Crippen molar-refractivity contribution in [1.29, 1.82) is 5.41 Å². The first-order valence-corrected chi connectivity index (χ1v) is 9.27. The zero-order chi connectivity index (χ0) is 18.5. The van der Waals surface area contributed by atoms with Crippen LogP contribution in [0.3, 0.4) is 0 Å². The Labute approximate surface area is 155 Å². The number of hydrogen-bond donors (Lipinski definition) is 4. The van der Waals surface area contributed by atoms with E-state index in [1.807, 2.05) is 31.2 Å². The molecule has 1 aromatic heterocycles. The molecule has 6 nitrogen and oxygen atoms in total. The molecule has 1 aliphatic carbocycles. The molecule has 1 saturated carbocycles. The predicted octanol–water partition coefficient (Wildman–Crippen LogP) is 3.17. The molecule has 26 heavy (non-hydrogen) atoms. The van der Waals surface area contributed by atoms with Crippen LogP contribution in [0.1, 0.15) is 42.4 Å². The molecule has 0 unspecified atom stereocenters. The highest BCUT2D eigenvalue weighted by Gasteiger charge is 2.20. The first kappa shape index (κ1) is 18.3. The lowest BCUT2D eigenvalue weighted by Crippen LogP contribution is -2.29. The van der Waals surface area contributed by atoms with Crippen molar-refractivity contribution in [3.05, 3.63) is 47.2 Å². The van der Waals surface area contributed by atoms with Gasteiger partial charge in [-0.25, -0.2) is 4.98 Å². The van der Waals surface area contributed by atoms with Gasteiger partial charge in [0, 0.05) is 31.4 Å². The smallest absolute Gasteiger partial charge is 0.224 e. The maximum Gasteiger partial charge on any atom is 0.224 e. The van der Waals surface area contributed by atoms with Crippen LogP contribution in [0.4, 0.5) is 11.8 Å². The van der Waals surface area contributed by atoms with E-state index >= 15 is 0 Å². The van der Waals surface area contributed by atoms with Crippen LogP contribution in [-0.2, 0) is 0 Å². The average molecular weight is 352 g/mol. The molecule has 1 aliphatic rings. The van der Waals surface area contributed by atoms with Crippen molar-refractivity contribution in [2.24, 2.45) is 11.7 Å². The van der Waals surface area contributed by atoms with Gasteiger partial charge in [0.1, 0.15) is 5.82 Å². The summed E-state index contributed by atoms with van der Waals surface area (Å²) in [5.74, 6) is 1.87. The van der Waals surface area contributed by atoms with Gasteiger partial charge in [-0.1, -0.05) is 29.8 Å². The third-order valence-electron chi connectivity index (χ3n) is 5.07. The number of nitrogens with two attached hydrogens (primary N) is 1. The Balaban J connectivity index is 1.78. The summed E-state index contributed by atoms with van der Waals surface area (Å²) in [5.41, 5.74) is 9.20. The zero-order valence-electron chi connectivity index (χ0n) is 15.5. The Bertz CT molecular complexity index is 747. The van der Waals surface area contributed by atoms with E-state index in [9.17, 15) is 0 Å². The molecule has 0 bridgehead atoms. The molecular formula is C20H28N6. The number of rotatable bonds is 6. The van der Waals surface area contributed by atoms with E-state index in [0.717, 1.165) is 43.4 Å². The van der Waals surface area contributed by atoms with E-state index in [0.29, 0.717) is 29.4 Å². The quantitative estimate of drug-likeness (QED) is 0.598. The summed E-state index contributed by atoms with van der Waals surface area (Å²) in [6.07, 6.45) is 6.18. The number of benzene rings is 1. The Morgan fingerprint density at radius 3 is 2.54 bits per heavy atom. The zero-order valence-corrected chi connectivity index (χ0v) is 15.5. The number of nitrogens with one attached hydrogen (secondary N) is 3. The first-order chi connectivity index (χ1) is 12.6. The fourth-order valence-electron chi connectivity index (χ4n) is 3.33. The van der Waals surface area contributed by atoms with Crippen molar-refractivity contribution < 1.29 is 0 Å². The maximum absolute atomic E-state index is 8.60. The fourth-order valence-corrected chi connectivity index (χ4v) is 3.33. The second kappa shape index (κ2) is 8.27. The van der Waals surface area contributed by atoms with Gasteiger partial charge in [0.05, 0.1) is 11.3 Å². The van der Waals surface area contributed by atoms with Crippen LogP contribution in [0.15, 0.2) is 30.5 Å². The van der Waals surface area contributed by atoms with Crippen LogP contribution >= 0.6 is 0 Å². The summed E-state index contributed by atoms with van der Waals surface area (Å²) in [6.45, 7) is 2.89. The largest absolute Gasteiger partial charge is 0.369 e. The van der Waals surface area contributed by atoms with E-state index in [1.165, 1.54) is 5.56 Å². The summed E-state index contributed by atoms with van der Waals surface area (Å²) in [6, 6.07) is 8.33. The van der Waals surface area contributed by atoms with Crippen molar-refractivity contribution in [3.63, 3.8) is 0 Å². The highest BCUT2D eigenvalue weighted by molar-refractivity contribution is 6.13. The van der Waals surface area contributed by atoms with Gasteiger partial charge < -0.3 is 16.4 Å². The summed E-state index contributed by atoms with van der Waals surface area (Å²) in [4.78, 5) is 8.86. The number of anilines is 2. The average Bonchev–Trinajstić information content (AvgIpc) is 2.67. The maximum atomic E-state index is 8.60. The molecule has 0 amide bonds. The first-order valence-electron chi connectivity index (χ1n) is 9.27. The standard InChI is InChI=1S/C20H28N6/c1-13-3-7-15(8-4-13)18(22)17-12-25-20(23-2)26-19(17)24-11-14-5-9-16(21)10-6-14/h3-4,7-8,12,14,16,22H,5-6,9-11,21H2,1-2H3,(H2,23,24,25,26). The molecule has 6 heteroatoms. The normalized spacial score (nSPS) is 19.8. The van der Waals surface area contributed by atoms with Gasteiger partial charge in [0.2, 0.25) is 5.95 Å². The van der Waals surface area contributed by atoms with Crippen molar-refractivity contribution >= 4 is 17.5 Å². The van der Waals surface area contributed by atoms with Gasteiger partial charge in [-0.3, -0.25) is 5.41 Å². The van der Waals surface area contributed by atoms with E-state index < -0.39 is 0 Å². The van der Waals surface area contributed by atoms with E-state index in [2.05, 4.69) is 20.6 Å². The molecule has 138 valence electrons. The molecule has 1 heterocycles. The summed E-state index contributed by atoms with van der Waals surface area (Å²) >= 11 is 0. The van der Waals surface area contributed by atoms with Gasteiger partial charge in [-0.15, -0.1) is 0 Å². The number of nitrogens with zero attached hydrogens (tertiary/aromatic N) is 2. The Morgan fingerprint density at radius 2 is 1.88 bits per heavy atom. The molecule has 1 fully saturated rings. The number of hydrogen-bond acceptors (Lipinski definition) is 6. The third-order valence-corrected chi connectivity index (χ3v) is 5.07. The minimum atomic E-state index is 0.353. The predicted molar refractivity (Wildman–Crippen MR) is 107 cm³/mol. The third kappa shape index (κ3) is 4.38. The highest BCUT2D eigenvalue weighted by atomic mass is 15.1. The summed E-state index contributed by atoms with van der Waals surface area (Å²) < 4.78 is 0. The fraction of sp³-hybridized carbons (Fsp3) is 0.450. The summed E-state index contributed by atoms with van der Waals surface area (Å²) in [7, 11) is 1.80. The van der Waals surface area contributed by atoms with E-state index in [-0.39, 0.29) is 0 Å². The van der Waals surface area contributed by atoms with Crippen LogP contribution in [0.2, 0.25) is 0 Å².